The van der Waals surface area contributed by atoms with Gasteiger partial charge < -0.3 is 19.4 Å². The Labute approximate surface area is 217 Å². The Balaban J connectivity index is 1.78. The van der Waals surface area contributed by atoms with E-state index in [1.807, 2.05) is 43.3 Å². The number of nitrogens with zero attached hydrogens (tertiary/aromatic N) is 2. The number of furan rings is 1. The van der Waals surface area contributed by atoms with Crippen molar-refractivity contribution in [3.8, 4) is 0 Å². The van der Waals surface area contributed by atoms with Gasteiger partial charge >= 0.3 is 5.97 Å². The van der Waals surface area contributed by atoms with Gasteiger partial charge in [0.1, 0.15) is 6.04 Å². The van der Waals surface area contributed by atoms with Crippen molar-refractivity contribution in [3.05, 3.63) is 83.8 Å². The standard InChI is InChI=1S/C29H33N3O5/c1-4-36-29(35)21-13-17-24(18-14-21)32(28(34)25-10-7-19-37-25)26(27(33)30-22-8-5-6-9-22)20-11-15-23(16-12-20)31(2)3/h7,10-19,22,26H,4-6,8-9H2,1-3H3,(H,30,33). The average molecular weight is 504 g/mol. The highest BCUT2D eigenvalue weighted by Crippen LogP contribution is 2.32. The predicted octanol–water partition coefficient (Wildman–Crippen LogP) is 4.97. The number of rotatable bonds is 9. The molecule has 0 radical (unpaired) electrons. The number of ether oxygens (including phenoxy) is 1. The Morgan fingerprint density at radius 1 is 0.973 bits per heavy atom. The van der Waals surface area contributed by atoms with E-state index in [9.17, 15) is 14.4 Å². The van der Waals surface area contributed by atoms with Crippen LogP contribution in [0.3, 0.4) is 0 Å². The molecular formula is C29H33N3O5. The normalized spacial score (nSPS) is 14.1. The van der Waals surface area contributed by atoms with Gasteiger partial charge in [-0.3, -0.25) is 14.5 Å². The van der Waals surface area contributed by atoms with Crippen LogP contribution < -0.4 is 15.1 Å². The molecule has 1 heterocycles. The molecule has 1 aliphatic rings. The van der Waals surface area contributed by atoms with Crippen LogP contribution in [-0.4, -0.2) is 44.5 Å². The number of esters is 1. The average Bonchev–Trinajstić information content (AvgIpc) is 3.62. The Hall–Kier alpha value is -4.07. The summed E-state index contributed by atoms with van der Waals surface area (Å²) in [6, 6.07) is 16.4. The van der Waals surface area contributed by atoms with E-state index in [2.05, 4.69) is 5.32 Å². The van der Waals surface area contributed by atoms with Crippen molar-refractivity contribution in [3.63, 3.8) is 0 Å². The highest BCUT2D eigenvalue weighted by molar-refractivity contribution is 6.09. The first-order valence-electron chi connectivity index (χ1n) is 12.6. The second-order valence-corrected chi connectivity index (χ2v) is 9.30. The van der Waals surface area contributed by atoms with Crippen LogP contribution in [0.25, 0.3) is 0 Å². The maximum absolute atomic E-state index is 13.8. The maximum Gasteiger partial charge on any atom is 0.338 e. The molecule has 4 rings (SSSR count). The molecule has 0 spiro atoms. The van der Waals surface area contributed by atoms with Crippen LogP contribution in [0.4, 0.5) is 11.4 Å². The van der Waals surface area contributed by atoms with Gasteiger partial charge in [-0.2, -0.15) is 0 Å². The third-order valence-electron chi connectivity index (χ3n) is 6.54. The van der Waals surface area contributed by atoms with Gasteiger partial charge in [-0.25, -0.2) is 4.79 Å². The highest BCUT2D eigenvalue weighted by atomic mass is 16.5. The van der Waals surface area contributed by atoms with Crippen molar-refractivity contribution in [2.24, 2.45) is 0 Å². The van der Waals surface area contributed by atoms with Crippen LogP contribution in [0.5, 0.6) is 0 Å². The Bertz CT molecular complexity index is 1200. The number of anilines is 2. The van der Waals surface area contributed by atoms with Crippen molar-refractivity contribution in [2.45, 2.75) is 44.7 Å². The molecule has 0 saturated heterocycles. The molecule has 1 N–H and O–H groups in total. The Kier molecular flexibility index (Phi) is 8.28. The summed E-state index contributed by atoms with van der Waals surface area (Å²) in [7, 11) is 3.88. The minimum Gasteiger partial charge on any atom is -0.462 e. The molecule has 1 atom stereocenters. The first-order chi connectivity index (χ1) is 17.9. The summed E-state index contributed by atoms with van der Waals surface area (Å²) in [5.41, 5.74) is 2.45. The molecule has 2 amide bonds. The van der Waals surface area contributed by atoms with Gasteiger partial charge in [0.2, 0.25) is 5.91 Å². The van der Waals surface area contributed by atoms with Gasteiger partial charge in [-0.05, 0) is 73.9 Å². The summed E-state index contributed by atoms with van der Waals surface area (Å²) in [5.74, 6) is -1.07. The van der Waals surface area contributed by atoms with Crippen LogP contribution >= 0.6 is 0 Å². The fraction of sp³-hybridized carbons (Fsp3) is 0.345. The van der Waals surface area contributed by atoms with E-state index in [4.69, 9.17) is 9.15 Å². The lowest BCUT2D eigenvalue weighted by atomic mass is 10.0. The summed E-state index contributed by atoms with van der Waals surface area (Å²) < 4.78 is 10.5. The minimum atomic E-state index is -0.956. The Morgan fingerprint density at radius 3 is 2.19 bits per heavy atom. The first-order valence-corrected chi connectivity index (χ1v) is 12.6. The largest absolute Gasteiger partial charge is 0.462 e. The number of nitrogens with one attached hydrogen (secondary N) is 1. The van der Waals surface area contributed by atoms with E-state index < -0.39 is 17.9 Å². The molecule has 8 heteroatoms. The number of amides is 2. The third kappa shape index (κ3) is 6.02. The molecule has 1 aromatic heterocycles. The highest BCUT2D eigenvalue weighted by Gasteiger charge is 2.36. The van der Waals surface area contributed by atoms with Gasteiger partial charge in [-0.1, -0.05) is 25.0 Å². The lowest BCUT2D eigenvalue weighted by molar-refractivity contribution is -0.123. The molecule has 1 unspecified atom stereocenters. The third-order valence-corrected chi connectivity index (χ3v) is 6.54. The molecule has 0 aliphatic heterocycles. The molecule has 1 aliphatic carbocycles. The molecule has 1 saturated carbocycles. The lowest BCUT2D eigenvalue weighted by Crippen LogP contribution is -2.46. The zero-order chi connectivity index (χ0) is 26.4. The molecule has 2 aromatic carbocycles. The zero-order valence-electron chi connectivity index (χ0n) is 21.5. The maximum atomic E-state index is 13.8. The van der Waals surface area contributed by atoms with Crippen molar-refractivity contribution in [1.29, 1.82) is 0 Å². The fourth-order valence-electron chi connectivity index (χ4n) is 4.60. The van der Waals surface area contributed by atoms with Gasteiger partial charge in [0.25, 0.3) is 5.91 Å². The second kappa shape index (κ2) is 11.8. The van der Waals surface area contributed by atoms with Crippen molar-refractivity contribution in [2.75, 3.05) is 30.5 Å². The summed E-state index contributed by atoms with van der Waals surface area (Å²) in [6.45, 7) is 2.00. The van der Waals surface area contributed by atoms with E-state index >= 15 is 0 Å². The number of hydrogen-bond donors (Lipinski definition) is 1. The van der Waals surface area contributed by atoms with E-state index in [1.165, 1.54) is 11.2 Å². The van der Waals surface area contributed by atoms with Gasteiger partial charge in [0.05, 0.1) is 18.4 Å². The summed E-state index contributed by atoms with van der Waals surface area (Å²) in [6.07, 6.45) is 5.39. The van der Waals surface area contributed by atoms with Gasteiger partial charge in [0.15, 0.2) is 5.76 Å². The smallest absolute Gasteiger partial charge is 0.338 e. The summed E-state index contributed by atoms with van der Waals surface area (Å²) in [4.78, 5) is 43.3. The van der Waals surface area contributed by atoms with E-state index in [0.717, 1.165) is 31.4 Å². The van der Waals surface area contributed by atoms with Crippen molar-refractivity contribution >= 4 is 29.2 Å². The predicted molar refractivity (Wildman–Crippen MR) is 142 cm³/mol. The number of benzene rings is 2. The molecule has 1 fully saturated rings. The number of carbonyl (C=O) groups excluding carboxylic acids is 3. The SMILES string of the molecule is CCOC(=O)c1ccc(N(C(=O)c2ccco2)C(C(=O)NC2CCCC2)c2ccc(N(C)C)cc2)cc1. The topological polar surface area (TPSA) is 92.1 Å². The van der Waals surface area contributed by atoms with Crippen LogP contribution in [-0.2, 0) is 9.53 Å². The van der Waals surface area contributed by atoms with Crippen molar-refractivity contribution in [1.82, 2.24) is 5.32 Å². The molecule has 8 nitrogen and oxygen atoms in total. The van der Waals surface area contributed by atoms with Crippen molar-refractivity contribution < 1.29 is 23.5 Å². The lowest BCUT2D eigenvalue weighted by Gasteiger charge is -2.32. The van der Waals surface area contributed by atoms with Gasteiger partial charge in [-0.15, -0.1) is 0 Å². The molecule has 3 aromatic rings. The van der Waals surface area contributed by atoms with Crippen LogP contribution in [0, 0.1) is 0 Å². The summed E-state index contributed by atoms with van der Waals surface area (Å²) in [5, 5.41) is 3.16. The van der Waals surface area contributed by atoms with E-state index in [-0.39, 0.29) is 24.3 Å². The van der Waals surface area contributed by atoms with E-state index in [1.54, 1.807) is 43.3 Å². The molecule has 37 heavy (non-hydrogen) atoms. The molecule has 194 valence electrons. The van der Waals surface area contributed by atoms with Gasteiger partial charge in [0, 0.05) is 31.5 Å². The summed E-state index contributed by atoms with van der Waals surface area (Å²) >= 11 is 0. The Morgan fingerprint density at radius 2 is 1.62 bits per heavy atom. The molecule has 0 bridgehead atoms. The zero-order valence-corrected chi connectivity index (χ0v) is 21.5. The quantitative estimate of drug-likeness (QED) is 0.415. The van der Waals surface area contributed by atoms with E-state index in [0.29, 0.717) is 16.8 Å². The monoisotopic (exact) mass is 503 g/mol. The number of carbonyl (C=O) groups is 3. The fourth-order valence-corrected chi connectivity index (χ4v) is 4.60. The first kappa shape index (κ1) is 26.0. The second-order valence-electron chi connectivity index (χ2n) is 9.30. The van der Waals surface area contributed by atoms with Crippen LogP contribution in [0.15, 0.2) is 71.3 Å². The number of hydrogen-bond acceptors (Lipinski definition) is 6. The van der Waals surface area contributed by atoms with Crippen LogP contribution in [0.2, 0.25) is 0 Å². The van der Waals surface area contributed by atoms with Crippen LogP contribution in [0.1, 0.15) is 65.1 Å². The minimum absolute atomic E-state index is 0.0720. The molecular weight excluding hydrogens is 470 g/mol.